The van der Waals surface area contributed by atoms with Crippen molar-refractivity contribution in [3.05, 3.63) is 29.8 Å². The van der Waals surface area contributed by atoms with E-state index in [9.17, 15) is 4.79 Å². The molecule has 15 heavy (non-hydrogen) atoms. The number of hydrogen-bond acceptors (Lipinski definition) is 2. The van der Waals surface area contributed by atoms with Gasteiger partial charge in [-0.15, -0.1) is 0 Å². The number of hydrogen-bond donors (Lipinski definition) is 0. The van der Waals surface area contributed by atoms with E-state index in [2.05, 4.69) is 6.07 Å². The number of carbonyl (C=O) groups excluding carboxylic acids is 1. The molecule has 1 amide bonds. The second kappa shape index (κ2) is 3.26. The maximum atomic E-state index is 11.7. The molecule has 0 aromatic heterocycles. The summed E-state index contributed by atoms with van der Waals surface area (Å²) in [6, 6.07) is 8.44. The zero-order valence-corrected chi connectivity index (χ0v) is 8.48. The van der Waals surface area contributed by atoms with Crippen LogP contribution >= 0.6 is 0 Å². The molecule has 3 heteroatoms. The summed E-state index contributed by atoms with van der Waals surface area (Å²) in [5, 5.41) is 0. The van der Waals surface area contributed by atoms with Crippen LogP contribution in [0.2, 0.25) is 0 Å². The highest BCUT2D eigenvalue weighted by Crippen LogP contribution is 2.33. The van der Waals surface area contributed by atoms with Crippen molar-refractivity contribution in [3.63, 3.8) is 0 Å². The van der Waals surface area contributed by atoms with Crippen molar-refractivity contribution in [3.8, 4) is 0 Å². The Bertz CT molecular complexity index is 402. The largest absolute Gasteiger partial charge is 0.449 e. The number of aryl methyl sites for hydroxylation is 1. The Hall–Kier alpha value is -1.51. The monoisotopic (exact) mass is 203 g/mol. The normalized spacial score (nSPS) is 24.1. The van der Waals surface area contributed by atoms with E-state index in [0.717, 1.165) is 24.9 Å². The first-order valence-corrected chi connectivity index (χ1v) is 5.40. The molecule has 1 aromatic carbocycles. The molecule has 1 aromatic rings. The van der Waals surface area contributed by atoms with Crippen molar-refractivity contribution >= 4 is 11.8 Å². The molecule has 78 valence electrons. The van der Waals surface area contributed by atoms with Crippen LogP contribution in [-0.2, 0) is 11.2 Å². The van der Waals surface area contributed by atoms with Crippen molar-refractivity contribution in [2.24, 2.45) is 0 Å². The number of cyclic esters (lactones) is 1. The molecule has 0 saturated carbocycles. The summed E-state index contributed by atoms with van der Waals surface area (Å²) in [4.78, 5) is 13.5. The summed E-state index contributed by atoms with van der Waals surface area (Å²) in [5.41, 5.74) is 2.30. The Morgan fingerprint density at radius 1 is 1.27 bits per heavy atom. The average Bonchev–Trinajstić information content (AvgIpc) is 2.29. The standard InChI is InChI=1S/C12H13NO2/c14-12-13-10(7-8-15-12)6-5-9-3-1-2-4-11(9)13/h1-4,10H,5-8H2. The number of fused-ring (bicyclic) bond motifs is 3. The van der Waals surface area contributed by atoms with Crippen molar-refractivity contribution < 1.29 is 9.53 Å². The third-order valence-corrected chi connectivity index (χ3v) is 3.24. The molecule has 0 radical (unpaired) electrons. The van der Waals surface area contributed by atoms with E-state index in [4.69, 9.17) is 4.74 Å². The Morgan fingerprint density at radius 3 is 3.07 bits per heavy atom. The number of ether oxygens (including phenoxy) is 1. The van der Waals surface area contributed by atoms with Crippen LogP contribution in [0, 0.1) is 0 Å². The quantitative estimate of drug-likeness (QED) is 0.647. The summed E-state index contributed by atoms with van der Waals surface area (Å²) >= 11 is 0. The molecule has 2 aliphatic rings. The Kier molecular flexibility index (Phi) is 1.91. The molecular formula is C12H13NO2. The highest BCUT2D eigenvalue weighted by Gasteiger charge is 2.34. The van der Waals surface area contributed by atoms with Gasteiger partial charge in [-0.25, -0.2) is 4.79 Å². The number of benzene rings is 1. The van der Waals surface area contributed by atoms with Gasteiger partial charge in [0, 0.05) is 12.5 Å². The molecule has 1 fully saturated rings. The number of carbonyl (C=O) groups is 1. The molecule has 3 nitrogen and oxygen atoms in total. The molecule has 0 bridgehead atoms. The van der Waals surface area contributed by atoms with Gasteiger partial charge in [0.1, 0.15) is 0 Å². The lowest BCUT2D eigenvalue weighted by atomic mass is 9.94. The third-order valence-electron chi connectivity index (χ3n) is 3.24. The lowest BCUT2D eigenvalue weighted by molar-refractivity contribution is 0.126. The highest BCUT2D eigenvalue weighted by atomic mass is 16.6. The van der Waals surface area contributed by atoms with Gasteiger partial charge in [0.05, 0.1) is 12.3 Å². The Labute approximate surface area is 88.6 Å². The summed E-state index contributed by atoms with van der Waals surface area (Å²) in [5.74, 6) is 0. The van der Waals surface area contributed by atoms with Gasteiger partial charge in [-0.05, 0) is 24.5 Å². The summed E-state index contributed by atoms with van der Waals surface area (Å²) in [7, 11) is 0. The molecular weight excluding hydrogens is 190 g/mol. The first-order valence-electron chi connectivity index (χ1n) is 5.40. The van der Waals surface area contributed by atoms with Crippen LogP contribution in [0.5, 0.6) is 0 Å². The number of para-hydroxylation sites is 1. The SMILES string of the molecule is O=C1OCCC2CCc3ccccc3N12. The molecule has 2 heterocycles. The van der Waals surface area contributed by atoms with Crippen molar-refractivity contribution in [2.75, 3.05) is 11.5 Å². The van der Waals surface area contributed by atoms with E-state index in [1.54, 1.807) is 0 Å². The van der Waals surface area contributed by atoms with E-state index < -0.39 is 0 Å². The molecule has 0 N–H and O–H groups in total. The van der Waals surface area contributed by atoms with E-state index >= 15 is 0 Å². The average molecular weight is 203 g/mol. The minimum Gasteiger partial charge on any atom is -0.449 e. The summed E-state index contributed by atoms with van der Waals surface area (Å²) in [6.45, 7) is 0.572. The second-order valence-corrected chi connectivity index (χ2v) is 4.09. The lowest BCUT2D eigenvalue weighted by Gasteiger charge is -2.39. The van der Waals surface area contributed by atoms with Gasteiger partial charge in [-0.1, -0.05) is 18.2 Å². The summed E-state index contributed by atoms with van der Waals surface area (Å²) in [6.07, 6.45) is 2.91. The Balaban J connectivity index is 2.06. The Morgan fingerprint density at radius 2 is 2.13 bits per heavy atom. The maximum absolute atomic E-state index is 11.7. The topological polar surface area (TPSA) is 29.5 Å². The first kappa shape index (κ1) is 8.77. The zero-order chi connectivity index (χ0) is 10.3. The van der Waals surface area contributed by atoms with Crippen LogP contribution in [0.4, 0.5) is 10.5 Å². The minimum absolute atomic E-state index is 0.182. The highest BCUT2D eigenvalue weighted by molar-refractivity contribution is 5.90. The van der Waals surface area contributed by atoms with Gasteiger partial charge >= 0.3 is 6.09 Å². The molecule has 1 unspecified atom stereocenters. The van der Waals surface area contributed by atoms with Crippen LogP contribution in [0.15, 0.2) is 24.3 Å². The van der Waals surface area contributed by atoms with Crippen LogP contribution in [0.25, 0.3) is 0 Å². The fourth-order valence-corrected chi connectivity index (χ4v) is 2.48. The number of rotatable bonds is 0. The number of anilines is 1. The maximum Gasteiger partial charge on any atom is 0.414 e. The van der Waals surface area contributed by atoms with Crippen LogP contribution < -0.4 is 4.90 Å². The lowest BCUT2D eigenvalue weighted by Crippen LogP contribution is -2.48. The summed E-state index contributed by atoms with van der Waals surface area (Å²) < 4.78 is 5.09. The van der Waals surface area contributed by atoms with E-state index in [-0.39, 0.29) is 6.09 Å². The molecule has 1 atom stereocenters. The van der Waals surface area contributed by atoms with Gasteiger partial charge in [0.25, 0.3) is 0 Å². The van der Waals surface area contributed by atoms with Crippen molar-refractivity contribution in [2.45, 2.75) is 25.3 Å². The van der Waals surface area contributed by atoms with Crippen LogP contribution in [0.3, 0.4) is 0 Å². The smallest absolute Gasteiger partial charge is 0.414 e. The van der Waals surface area contributed by atoms with Gasteiger partial charge < -0.3 is 4.74 Å². The van der Waals surface area contributed by atoms with Gasteiger partial charge in [-0.3, -0.25) is 4.90 Å². The molecule has 0 spiro atoms. The minimum atomic E-state index is -0.182. The van der Waals surface area contributed by atoms with E-state index in [1.807, 2.05) is 23.1 Å². The molecule has 1 saturated heterocycles. The van der Waals surface area contributed by atoms with E-state index in [1.165, 1.54) is 5.56 Å². The van der Waals surface area contributed by atoms with Gasteiger partial charge in [0.2, 0.25) is 0 Å². The second-order valence-electron chi connectivity index (χ2n) is 4.09. The van der Waals surface area contributed by atoms with Crippen LogP contribution in [-0.4, -0.2) is 18.7 Å². The van der Waals surface area contributed by atoms with Crippen molar-refractivity contribution in [1.29, 1.82) is 0 Å². The molecule has 2 aliphatic heterocycles. The third kappa shape index (κ3) is 1.30. The number of nitrogens with zero attached hydrogens (tertiary/aromatic N) is 1. The van der Waals surface area contributed by atoms with Gasteiger partial charge in [-0.2, -0.15) is 0 Å². The van der Waals surface area contributed by atoms with E-state index in [0.29, 0.717) is 12.6 Å². The first-order chi connectivity index (χ1) is 7.36. The molecule has 0 aliphatic carbocycles. The fraction of sp³-hybridized carbons (Fsp3) is 0.417. The predicted molar refractivity (Wildman–Crippen MR) is 57.0 cm³/mol. The fourth-order valence-electron chi connectivity index (χ4n) is 2.48. The predicted octanol–water partition coefficient (Wildman–Crippen LogP) is 2.35. The van der Waals surface area contributed by atoms with Gasteiger partial charge in [0.15, 0.2) is 0 Å². The number of amides is 1. The molecule has 3 rings (SSSR count). The zero-order valence-electron chi connectivity index (χ0n) is 8.48. The van der Waals surface area contributed by atoms with Crippen molar-refractivity contribution in [1.82, 2.24) is 0 Å². The van der Waals surface area contributed by atoms with Crippen LogP contribution in [0.1, 0.15) is 18.4 Å².